The molecular weight excluding hydrogens is 268 g/mol. The Kier molecular flexibility index (Phi) is 3.75. The van der Waals surface area contributed by atoms with Crippen LogP contribution in [0.5, 0.6) is 0 Å². The van der Waals surface area contributed by atoms with E-state index in [0.29, 0.717) is 12.1 Å². The van der Waals surface area contributed by atoms with Crippen molar-refractivity contribution in [3.63, 3.8) is 0 Å². The van der Waals surface area contributed by atoms with Crippen LogP contribution < -0.4 is 0 Å². The van der Waals surface area contributed by atoms with Crippen LogP contribution in [0.25, 0.3) is 0 Å². The van der Waals surface area contributed by atoms with Crippen molar-refractivity contribution < 1.29 is 14.4 Å². The van der Waals surface area contributed by atoms with E-state index in [-0.39, 0.29) is 6.04 Å². The first kappa shape index (κ1) is 13.8. The quantitative estimate of drug-likeness (QED) is 0.935. The van der Waals surface area contributed by atoms with E-state index < -0.39 is 5.97 Å². The zero-order chi connectivity index (χ0) is 14.8. The number of carboxylic acid groups (broad SMARTS) is 1. The molecule has 1 unspecified atom stereocenters. The molecule has 5 heteroatoms. The van der Waals surface area contributed by atoms with Crippen LogP contribution in [-0.2, 0) is 6.54 Å². The van der Waals surface area contributed by atoms with Gasteiger partial charge in [0.25, 0.3) is 0 Å². The van der Waals surface area contributed by atoms with Crippen LogP contribution >= 0.6 is 0 Å². The van der Waals surface area contributed by atoms with Crippen LogP contribution in [0.4, 0.5) is 0 Å². The van der Waals surface area contributed by atoms with Gasteiger partial charge in [-0.25, -0.2) is 4.79 Å². The second kappa shape index (κ2) is 5.69. The number of hydrogen-bond donors (Lipinski definition) is 1. The normalized spacial score (nSPS) is 19.0. The Balaban J connectivity index is 1.82. The van der Waals surface area contributed by atoms with Crippen molar-refractivity contribution in [1.82, 2.24) is 10.1 Å². The number of nitrogens with zero attached hydrogens (tertiary/aromatic N) is 2. The molecule has 1 aromatic heterocycles. The first-order valence-corrected chi connectivity index (χ1v) is 7.13. The molecule has 0 amide bonds. The molecule has 0 aliphatic carbocycles. The monoisotopic (exact) mass is 286 g/mol. The van der Waals surface area contributed by atoms with E-state index >= 15 is 0 Å². The molecule has 1 aliphatic rings. The molecule has 1 fully saturated rings. The molecule has 3 rings (SSSR count). The summed E-state index contributed by atoms with van der Waals surface area (Å²) in [6.07, 6.45) is 2.12. The van der Waals surface area contributed by atoms with Crippen LogP contribution in [0.3, 0.4) is 0 Å². The lowest BCUT2D eigenvalue weighted by molar-refractivity contribution is 0.0694. The van der Waals surface area contributed by atoms with Crippen molar-refractivity contribution in [2.24, 2.45) is 0 Å². The largest absolute Gasteiger partial charge is 0.478 e. The first-order chi connectivity index (χ1) is 10.1. The van der Waals surface area contributed by atoms with Gasteiger partial charge in [-0.05, 0) is 37.9 Å². The number of hydrogen-bond acceptors (Lipinski definition) is 4. The fraction of sp³-hybridized carbons (Fsp3) is 0.375. The third kappa shape index (κ3) is 2.83. The van der Waals surface area contributed by atoms with Gasteiger partial charge in [0, 0.05) is 12.6 Å². The molecule has 1 N–H and O–H groups in total. The molecular formula is C16H18N2O3. The average molecular weight is 286 g/mol. The van der Waals surface area contributed by atoms with Crippen molar-refractivity contribution in [2.75, 3.05) is 6.54 Å². The minimum atomic E-state index is -0.876. The molecule has 1 atom stereocenters. The molecule has 0 bridgehead atoms. The Labute approximate surface area is 123 Å². The van der Waals surface area contributed by atoms with E-state index in [2.05, 4.69) is 10.1 Å². The molecule has 1 saturated heterocycles. The molecule has 2 heterocycles. The highest BCUT2D eigenvalue weighted by atomic mass is 16.5. The van der Waals surface area contributed by atoms with Crippen LogP contribution in [0, 0.1) is 6.92 Å². The Morgan fingerprint density at radius 3 is 3.00 bits per heavy atom. The van der Waals surface area contributed by atoms with Crippen molar-refractivity contribution in [1.29, 1.82) is 0 Å². The van der Waals surface area contributed by atoms with E-state index in [9.17, 15) is 9.90 Å². The maximum absolute atomic E-state index is 11.3. The lowest BCUT2D eigenvalue weighted by Gasteiger charge is -2.23. The SMILES string of the molecule is Cc1cc(C2CCCN2Cc2ccccc2C(=O)O)no1. The van der Waals surface area contributed by atoms with Crippen LogP contribution in [-0.4, -0.2) is 27.7 Å². The Bertz CT molecular complexity index is 650. The number of aryl methyl sites for hydroxylation is 1. The third-order valence-corrected chi connectivity index (χ3v) is 3.97. The predicted molar refractivity (Wildman–Crippen MR) is 77.0 cm³/mol. The van der Waals surface area contributed by atoms with Gasteiger partial charge < -0.3 is 9.63 Å². The van der Waals surface area contributed by atoms with Crippen molar-refractivity contribution in [3.05, 3.63) is 52.9 Å². The van der Waals surface area contributed by atoms with Crippen molar-refractivity contribution in [3.8, 4) is 0 Å². The highest BCUT2D eigenvalue weighted by Gasteiger charge is 2.29. The van der Waals surface area contributed by atoms with Gasteiger partial charge in [-0.15, -0.1) is 0 Å². The smallest absolute Gasteiger partial charge is 0.336 e. The summed E-state index contributed by atoms with van der Waals surface area (Å²) in [5.41, 5.74) is 2.16. The molecule has 110 valence electrons. The zero-order valence-corrected chi connectivity index (χ0v) is 12.0. The molecule has 1 aliphatic heterocycles. The van der Waals surface area contributed by atoms with Gasteiger partial charge in [0.15, 0.2) is 0 Å². The van der Waals surface area contributed by atoms with E-state index in [1.54, 1.807) is 12.1 Å². The Morgan fingerprint density at radius 2 is 2.29 bits per heavy atom. The lowest BCUT2D eigenvalue weighted by atomic mass is 10.1. The average Bonchev–Trinajstić information content (AvgIpc) is 3.08. The standard InChI is InChI=1S/C16H18N2O3/c1-11-9-14(17-21-11)15-7-4-8-18(15)10-12-5-2-3-6-13(12)16(19)20/h2-3,5-6,9,15H,4,7-8,10H2,1H3,(H,19,20). The van der Waals surface area contributed by atoms with Gasteiger partial charge in [0.1, 0.15) is 11.5 Å². The number of benzene rings is 1. The van der Waals surface area contributed by atoms with Gasteiger partial charge >= 0.3 is 5.97 Å². The number of aromatic nitrogens is 1. The summed E-state index contributed by atoms with van der Waals surface area (Å²) in [4.78, 5) is 13.6. The first-order valence-electron chi connectivity index (χ1n) is 7.13. The van der Waals surface area contributed by atoms with Crippen LogP contribution in [0.2, 0.25) is 0 Å². The fourth-order valence-corrected chi connectivity index (χ4v) is 2.98. The van der Waals surface area contributed by atoms with Gasteiger partial charge in [-0.1, -0.05) is 23.4 Å². The zero-order valence-electron chi connectivity index (χ0n) is 12.0. The molecule has 5 nitrogen and oxygen atoms in total. The summed E-state index contributed by atoms with van der Waals surface area (Å²) in [5, 5.41) is 13.4. The van der Waals surface area contributed by atoms with Gasteiger partial charge in [-0.2, -0.15) is 0 Å². The number of rotatable bonds is 4. The van der Waals surface area contributed by atoms with E-state index in [0.717, 1.165) is 36.4 Å². The summed E-state index contributed by atoms with van der Waals surface area (Å²) >= 11 is 0. The number of likely N-dealkylation sites (tertiary alicyclic amines) is 1. The van der Waals surface area contributed by atoms with Crippen molar-refractivity contribution >= 4 is 5.97 Å². The van der Waals surface area contributed by atoms with Crippen LogP contribution in [0.15, 0.2) is 34.9 Å². The maximum atomic E-state index is 11.3. The van der Waals surface area contributed by atoms with Gasteiger partial charge in [0.05, 0.1) is 11.6 Å². The van der Waals surface area contributed by atoms with Crippen LogP contribution in [0.1, 0.15) is 46.3 Å². The second-order valence-corrected chi connectivity index (χ2v) is 5.45. The van der Waals surface area contributed by atoms with E-state index in [4.69, 9.17) is 4.52 Å². The number of carboxylic acids is 1. The number of carbonyl (C=O) groups is 1. The lowest BCUT2D eigenvalue weighted by Crippen LogP contribution is -2.24. The summed E-state index contributed by atoms with van der Waals surface area (Å²) in [6, 6.07) is 9.36. The maximum Gasteiger partial charge on any atom is 0.336 e. The molecule has 21 heavy (non-hydrogen) atoms. The minimum absolute atomic E-state index is 0.212. The molecule has 2 aromatic rings. The fourth-order valence-electron chi connectivity index (χ4n) is 2.98. The molecule has 0 spiro atoms. The second-order valence-electron chi connectivity index (χ2n) is 5.45. The molecule has 0 saturated carbocycles. The highest BCUT2D eigenvalue weighted by Crippen LogP contribution is 2.33. The summed E-state index contributed by atoms with van der Waals surface area (Å²) < 4.78 is 5.17. The van der Waals surface area contributed by atoms with E-state index in [1.807, 2.05) is 25.1 Å². The van der Waals surface area contributed by atoms with Crippen molar-refractivity contribution in [2.45, 2.75) is 32.4 Å². The predicted octanol–water partition coefficient (Wildman–Crippen LogP) is 3.02. The van der Waals surface area contributed by atoms with Gasteiger partial charge in [0.2, 0.25) is 0 Å². The third-order valence-electron chi connectivity index (χ3n) is 3.97. The Morgan fingerprint density at radius 1 is 1.48 bits per heavy atom. The summed E-state index contributed by atoms with van der Waals surface area (Å²) in [7, 11) is 0. The highest BCUT2D eigenvalue weighted by molar-refractivity contribution is 5.89. The Hall–Kier alpha value is -2.14. The minimum Gasteiger partial charge on any atom is -0.478 e. The van der Waals surface area contributed by atoms with E-state index in [1.165, 1.54) is 0 Å². The summed E-state index contributed by atoms with van der Waals surface area (Å²) in [6.45, 7) is 3.46. The molecule has 0 radical (unpaired) electrons. The molecule has 1 aromatic carbocycles. The van der Waals surface area contributed by atoms with Gasteiger partial charge in [-0.3, -0.25) is 4.90 Å². The topological polar surface area (TPSA) is 66.6 Å². The summed E-state index contributed by atoms with van der Waals surface area (Å²) in [5.74, 6) is -0.0681. The number of aromatic carboxylic acids is 1.